The van der Waals surface area contributed by atoms with Crippen molar-refractivity contribution in [2.75, 3.05) is 13.1 Å². The van der Waals surface area contributed by atoms with Gasteiger partial charge in [-0.15, -0.1) is 11.3 Å². The molecule has 6 nitrogen and oxygen atoms in total. The maximum absolute atomic E-state index is 12.2. The molecule has 0 aliphatic carbocycles. The highest BCUT2D eigenvalue weighted by atomic mass is 32.1. The minimum Gasteiger partial charge on any atom is -0.486 e. The molecule has 0 aliphatic rings. The van der Waals surface area contributed by atoms with Crippen LogP contribution in [0.1, 0.15) is 32.2 Å². The zero-order valence-corrected chi connectivity index (χ0v) is 18.4. The van der Waals surface area contributed by atoms with Gasteiger partial charge in [-0.1, -0.05) is 36.4 Å². The van der Waals surface area contributed by atoms with Crippen LogP contribution in [0.3, 0.4) is 0 Å². The molecule has 1 aromatic heterocycles. The van der Waals surface area contributed by atoms with Crippen molar-refractivity contribution in [2.45, 2.75) is 20.5 Å². The first-order chi connectivity index (χ1) is 15.0. The van der Waals surface area contributed by atoms with Crippen molar-refractivity contribution in [3.05, 3.63) is 87.4 Å². The van der Waals surface area contributed by atoms with Crippen molar-refractivity contribution in [1.82, 2.24) is 15.6 Å². The second-order valence-electron chi connectivity index (χ2n) is 7.03. The number of nitrogens with one attached hydrogen (secondary N) is 2. The van der Waals surface area contributed by atoms with Crippen molar-refractivity contribution in [1.29, 1.82) is 0 Å². The number of rotatable bonds is 9. The molecule has 31 heavy (non-hydrogen) atoms. The highest BCUT2D eigenvalue weighted by Gasteiger charge is 2.11. The lowest BCUT2D eigenvalue weighted by atomic mass is 10.1. The molecule has 1 heterocycles. The summed E-state index contributed by atoms with van der Waals surface area (Å²) < 4.78 is 5.79. The van der Waals surface area contributed by atoms with Crippen molar-refractivity contribution in [3.8, 4) is 5.75 Å². The number of aryl methyl sites for hydroxylation is 2. The third kappa shape index (κ3) is 7.38. The summed E-state index contributed by atoms with van der Waals surface area (Å²) in [6.07, 6.45) is 3.21. The van der Waals surface area contributed by atoms with Gasteiger partial charge in [-0.25, -0.2) is 4.98 Å². The van der Waals surface area contributed by atoms with Gasteiger partial charge in [0.05, 0.1) is 0 Å². The SMILES string of the molecule is Cc1cc(C)cc(OCc2nc(C(=O)NCCNC(=O)/C=C/c3ccccc3)cs2)c1. The van der Waals surface area contributed by atoms with E-state index in [-0.39, 0.29) is 11.8 Å². The van der Waals surface area contributed by atoms with Crippen molar-refractivity contribution >= 4 is 29.2 Å². The van der Waals surface area contributed by atoms with Gasteiger partial charge >= 0.3 is 0 Å². The Kier molecular flexibility index (Phi) is 7.95. The van der Waals surface area contributed by atoms with Gasteiger partial charge in [-0.05, 0) is 48.7 Å². The smallest absolute Gasteiger partial charge is 0.270 e. The minimum atomic E-state index is -0.275. The molecule has 0 unspecified atom stereocenters. The van der Waals surface area contributed by atoms with Crippen LogP contribution in [0.4, 0.5) is 0 Å². The molecule has 7 heteroatoms. The van der Waals surface area contributed by atoms with Gasteiger partial charge in [-0.3, -0.25) is 9.59 Å². The maximum atomic E-state index is 12.2. The second kappa shape index (κ2) is 11.1. The van der Waals surface area contributed by atoms with Gasteiger partial charge in [0, 0.05) is 24.5 Å². The summed E-state index contributed by atoms with van der Waals surface area (Å²) in [4.78, 5) is 28.4. The standard InChI is InChI=1S/C24H25N3O3S/c1-17-12-18(2)14-20(13-17)30-15-23-27-21(16-31-23)24(29)26-11-10-25-22(28)9-8-19-6-4-3-5-7-19/h3-9,12-14,16H,10-11,15H2,1-2H3,(H,25,28)(H,26,29)/b9-8+. The number of hydrogen-bond acceptors (Lipinski definition) is 5. The molecule has 0 saturated carbocycles. The fourth-order valence-electron chi connectivity index (χ4n) is 2.89. The Bertz CT molecular complexity index is 1040. The van der Waals surface area contributed by atoms with Crippen LogP contribution in [-0.4, -0.2) is 29.9 Å². The Balaban J connectivity index is 1.38. The summed E-state index contributed by atoms with van der Waals surface area (Å²) in [5.74, 6) is 0.302. The van der Waals surface area contributed by atoms with E-state index in [1.807, 2.05) is 56.3 Å². The summed E-state index contributed by atoms with van der Waals surface area (Å²) in [6, 6.07) is 15.6. The van der Waals surface area contributed by atoms with Crippen molar-refractivity contribution < 1.29 is 14.3 Å². The molecule has 2 amide bonds. The minimum absolute atomic E-state index is 0.211. The molecule has 160 valence electrons. The third-order valence-electron chi connectivity index (χ3n) is 4.28. The van der Waals surface area contributed by atoms with Gasteiger partial charge in [0.1, 0.15) is 23.1 Å². The summed E-state index contributed by atoms with van der Waals surface area (Å²) in [6.45, 7) is 5.00. The van der Waals surface area contributed by atoms with E-state index >= 15 is 0 Å². The first-order valence-electron chi connectivity index (χ1n) is 9.94. The van der Waals surface area contributed by atoms with Crippen LogP contribution >= 0.6 is 11.3 Å². The average Bonchev–Trinajstić information content (AvgIpc) is 3.23. The van der Waals surface area contributed by atoms with Crippen LogP contribution in [0.5, 0.6) is 5.75 Å². The number of carbonyl (C=O) groups excluding carboxylic acids is 2. The van der Waals surface area contributed by atoms with Gasteiger partial charge in [-0.2, -0.15) is 0 Å². The van der Waals surface area contributed by atoms with Crippen LogP contribution in [0.25, 0.3) is 6.08 Å². The van der Waals surface area contributed by atoms with E-state index < -0.39 is 0 Å². The lowest BCUT2D eigenvalue weighted by Crippen LogP contribution is -2.34. The highest BCUT2D eigenvalue weighted by Crippen LogP contribution is 2.19. The largest absolute Gasteiger partial charge is 0.486 e. The normalized spacial score (nSPS) is 10.8. The van der Waals surface area contributed by atoms with E-state index in [4.69, 9.17) is 4.74 Å². The van der Waals surface area contributed by atoms with Gasteiger partial charge in [0.15, 0.2) is 0 Å². The summed E-state index contributed by atoms with van der Waals surface area (Å²) in [7, 11) is 0. The summed E-state index contributed by atoms with van der Waals surface area (Å²) in [5, 5.41) is 7.92. The molecular formula is C24H25N3O3S. The number of amides is 2. The molecule has 2 N–H and O–H groups in total. The molecule has 0 bridgehead atoms. The Morgan fingerprint density at radius 3 is 2.48 bits per heavy atom. The Morgan fingerprint density at radius 1 is 1.03 bits per heavy atom. The summed E-state index contributed by atoms with van der Waals surface area (Å²) >= 11 is 1.38. The van der Waals surface area contributed by atoms with Crippen molar-refractivity contribution in [2.24, 2.45) is 0 Å². The fourth-order valence-corrected chi connectivity index (χ4v) is 3.58. The van der Waals surface area contributed by atoms with Crippen molar-refractivity contribution in [3.63, 3.8) is 0 Å². The Hall–Kier alpha value is -3.45. The number of nitrogens with zero attached hydrogens (tertiary/aromatic N) is 1. The molecule has 0 aliphatic heterocycles. The van der Waals surface area contributed by atoms with E-state index in [0.717, 1.165) is 27.4 Å². The molecule has 3 rings (SSSR count). The first kappa shape index (κ1) is 22.2. The molecular weight excluding hydrogens is 410 g/mol. The zero-order chi connectivity index (χ0) is 22.1. The van der Waals surface area contributed by atoms with Gasteiger partial charge in [0.25, 0.3) is 5.91 Å². The number of ether oxygens (including phenoxy) is 1. The van der Waals surface area contributed by atoms with Crippen LogP contribution in [0.15, 0.2) is 60.0 Å². The molecule has 0 radical (unpaired) electrons. The van der Waals surface area contributed by atoms with Crippen LogP contribution in [0.2, 0.25) is 0 Å². The van der Waals surface area contributed by atoms with Gasteiger partial charge < -0.3 is 15.4 Å². The average molecular weight is 436 g/mol. The topological polar surface area (TPSA) is 80.3 Å². The van der Waals surface area contributed by atoms with E-state index in [0.29, 0.717) is 25.4 Å². The van der Waals surface area contributed by atoms with Crippen LogP contribution in [-0.2, 0) is 11.4 Å². The molecule has 3 aromatic rings. The second-order valence-corrected chi connectivity index (χ2v) is 7.97. The van der Waals surface area contributed by atoms with Crippen LogP contribution < -0.4 is 15.4 Å². The zero-order valence-electron chi connectivity index (χ0n) is 17.6. The third-order valence-corrected chi connectivity index (χ3v) is 5.10. The highest BCUT2D eigenvalue weighted by molar-refractivity contribution is 7.09. The lowest BCUT2D eigenvalue weighted by Gasteiger charge is -2.06. The number of carbonyl (C=O) groups is 2. The van der Waals surface area contributed by atoms with E-state index in [9.17, 15) is 9.59 Å². The quantitative estimate of drug-likeness (QED) is 0.395. The summed E-state index contributed by atoms with van der Waals surface area (Å²) in [5.41, 5.74) is 3.57. The molecule has 0 saturated heterocycles. The number of thiazole rings is 1. The van der Waals surface area contributed by atoms with E-state index in [2.05, 4.69) is 21.7 Å². The molecule has 2 aromatic carbocycles. The Labute approximate surface area is 186 Å². The number of hydrogen-bond donors (Lipinski definition) is 2. The Morgan fingerprint density at radius 2 is 1.74 bits per heavy atom. The van der Waals surface area contributed by atoms with Gasteiger partial charge in [0.2, 0.25) is 5.91 Å². The van der Waals surface area contributed by atoms with E-state index in [1.165, 1.54) is 17.4 Å². The van der Waals surface area contributed by atoms with Crippen LogP contribution in [0, 0.1) is 13.8 Å². The van der Waals surface area contributed by atoms with E-state index in [1.54, 1.807) is 11.5 Å². The predicted molar refractivity (Wildman–Crippen MR) is 123 cm³/mol. The number of benzene rings is 2. The molecule has 0 atom stereocenters. The monoisotopic (exact) mass is 435 g/mol. The molecule has 0 spiro atoms. The predicted octanol–water partition coefficient (Wildman–Crippen LogP) is 3.90. The maximum Gasteiger partial charge on any atom is 0.270 e. The first-order valence-corrected chi connectivity index (χ1v) is 10.8. The number of aromatic nitrogens is 1. The lowest BCUT2D eigenvalue weighted by molar-refractivity contribution is -0.116. The molecule has 0 fully saturated rings. The fraction of sp³-hybridized carbons (Fsp3) is 0.208.